The number of hydrogen-bond donors (Lipinski definition) is 1. The van der Waals surface area contributed by atoms with Crippen LogP contribution >= 0.6 is 0 Å². The van der Waals surface area contributed by atoms with Gasteiger partial charge in [-0.05, 0) is 35.8 Å². The predicted octanol–water partition coefficient (Wildman–Crippen LogP) is 9.15. The van der Waals surface area contributed by atoms with Crippen LogP contribution in [0.4, 0.5) is 0 Å². The molecule has 1 heteroatoms. The van der Waals surface area contributed by atoms with E-state index in [0.717, 1.165) is 0 Å². The maximum absolute atomic E-state index is 6.67. The van der Waals surface area contributed by atoms with E-state index in [2.05, 4.69) is 52.0 Å². The Balaban J connectivity index is 2.19. The van der Waals surface area contributed by atoms with Crippen molar-refractivity contribution in [1.29, 1.82) is 0 Å². The van der Waals surface area contributed by atoms with E-state index in [1.165, 1.54) is 114 Å². The molecule has 1 rings (SSSR count). The smallest absolute Gasteiger partial charge is 0.0346 e. The van der Waals surface area contributed by atoms with E-state index in [0.29, 0.717) is 0 Å². The number of nitrogens with two attached hydrogens (primary N) is 1. The number of hydrogen-bond acceptors (Lipinski definition) is 1. The van der Waals surface area contributed by atoms with Gasteiger partial charge >= 0.3 is 0 Å². The van der Waals surface area contributed by atoms with Gasteiger partial charge in [0.25, 0.3) is 0 Å². The van der Waals surface area contributed by atoms with E-state index < -0.39 is 0 Å². The van der Waals surface area contributed by atoms with Crippen molar-refractivity contribution in [3.05, 3.63) is 35.4 Å². The summed E-state index contributed by atoms with van der Waals surface area (Å²) in [7, 11) is 0. The topological polar surface area (TPSA) is 26.0 Å². The van der Waals surface area contributed by atoms with Crippen LogP contribution in [-0.4, -0.2) is 0 Å². The Bertz CT molecular complexity index is 488. The molecule has 0 heterocycles. The fourth-order valence-corrected chi connectivity index (χ4v) is 4.32. The van der Waals surface area contributed by atoms with Gasteiger partial charge in [-0.1, -0.05) is 135 Å². The molecule has 0 aliphatic rings. The normalized spacial score (nSPS) is 13.0. The lowest BCUT2D eigenvalue weighted by Crippen LogP contribution is -2.29. The van der Waals surface area contributed by atoms with Crippen LogP contribution in [0.25, 0.3) is 0 Å². The van der Waals surface area contributed by atoms with Crippen LogP contribution in [-0.2, 0) is 6.42 Å². The van der Waals surface area contributed by atoms with Crippen molar-refractivity contribution in [2.75, 3.05) is 0 Å². The largest absolute Gasteiger partial charge is 0.324 e. The van der Waals surface area contributed by atoms with E-state index >= 15 is 0 Å². The fraction of sp³-hybridized carbons (Fsp3) is 0.786. The summed E-state index contributed by atoms with van der Waals surface area (Å²) in [6.45, 7) is 9.26. The Morgan fingerprint density at radius 2 is 1.10 bits per heavy atom. The third kappa shape index (κ3) is 11.8. The number of unbranched alkanes of at least 4 members (excludes halogenated alkanes) is 12. The zero-order valence-corrected chi connectivity index (χ0v) is 20.3. The lowest BCUT2D eigenvalue weighted by Gasteiger charge is -2.32. The molecule has 0 aliphatic carbocycles. The second-order valence-corrected chi connectivity index (χ2v) is 9.95. The lowest BCUT2D eigenvalue weighted by molar-refractivity contribution is 0.255. The highest BCUT2D eigenvalue weighted by Gasteiger charge is 2.27. The van der Waals surface area contributed by atoms with Crippen LogP contribution < -0.4 is 5.73 Å². The molecule has 0 saturated carbocycles. The minimum atomic E-state index is 0.135. The van der Waals surface area contributed by atoms with Gasteiger partial charge in [-0.25, -0.2) is 0 Å². The van der Waals surface area contributed by atoms with E-state index in [-0.39, 0.29) is 11.5 Å². The first-order valence-corrected chi connectivity index (χ1v) is 12.9. The Morgan fingerprint density at radius 1 is 0.655 bits per heavy atom. The summed E-state index contributed by atoms with van der Waals surface area (Å²) in [6.07, 6.45) is 21.8. The second kappa shape index (κ2) is 15.9. The van der Waals surface area contributed by atoms with Crippen LogP contribution in [0.1, 0.15) is 141 Å². The van der Waals surface area contributed by atoms with E-state index in [1.807, 2.05) is 0 Å². The Kier molecular flexibility index (Phi) is 14.4. The molecular formula is C28H51N. The summed E-state index contributed by atoms with van der Waals surface area (Å²) in [4.78, 5) is 0. The van der Waals surface area contributed by atoms with E-state index in [9.17, 15) is 0 Å². The first kappa shape index (κ1) is 26.2. The highest BCUT2D eigenvalue weighted by atomic mass is 14.7. The standard InChI is InChI=1S/C28H51N/c1-5-7-9-10-11-12-13-14-15-16-18-24-28(3,4)27(29)26-22-20-25(21-23-26)19-17-8-6-2/h20-23,27H,5-19,24,29H2,1-4H3. The molecule has 1 aromatic rings. The van der Waals surface area contributed by atoms with Crippen molar-refractivity contribution in [2.45, 2.75) is 136 Å². The third-order valence-electron chi connectivity index (χ3n) is 6.67. The molecule has 0 bridgehead atoms. The highest BCUT2D eigenvalue weighted by molar-refractivity contribution is 5.26. The number of rotatable bonds is 18. The molecular weight excluding hydrogens is 350 g/mol. The minimum absolute atomic E-state index is 0.135. The highest BCUT2D eigenvalue weighted by Crippen LogP contribution is 2.36. The summed E-state index contributed by atoms with van der Waals surface area (Å²) in [5, 5.41) is 0. The van der Waals surface area contributed by atoms with Crippen LogP contribution in [0, 0.1) is 5.41 Å². The first-order valence-electron chi connectivity index (χ1n) is 12.9. The SMILES string of the molecule is CCCCCCCCCCCCCC(C)(C)C(N)c1ccc(CCCCC)cc1. The summed E-state index contributed by atoms with van der Waals surface area (Å²) in [5.74, 6) is 0. The molecule has 1 aromatic carbocycles. The maximum Gasteiger partial charge on any atom is 0.0346 e. The van der Waals surface area contributed by atoms with Crippen molar-refractivity contribution < 1.29 is 0 Å². The van der Waals surface area contributed by atoms with Crippen LogP contribution in [0.3, 0.4) is 0 Å². The molecule has 0 amide bonds. The Hall–Kier alpha value is -0.820. The first-order chi connectivity index (χ1) is 14.0. The van der Waals surface area contributed by atoms with Crippen LogP contribution in [0.2, 0.25) is 0 Å². The van der Waals surface area contributed by atoms with Gasteiger partial charge in [0.15, 0.2) is 0 Å². The van der Waals surface area contributed by atoms with Gasteiger partial charge in [0.05, 0.1) is 0 Å². The van der Waals surface area contributed by atoms with Gasteiger partial charge in [-0.15, -0.1) is 0 Å². The van der Waals surface area contributed by atoms with Gasteiger partial charge in [0, 0.05) is 6.04 Å². The van der Waals surface area contributed by atoms with Gasteiger partial charge in [0.2, 0.25) is 0 Å². The van der Waals surface area contributed by atoms with Crippen LogP contribution in [0.5, 0.6) is 0 Å². The molecule has 1 unspecified atom stereocenters. The number of aryl methyl sites for hydroxylation is 1. The predicted molar refractivity (Wildman–Crippen MR) is 131 cm³/mol. The number of benzene rings is 1. The quantitative estimate of drug-likeness (QED) is 0.244. The molecule has 1 nitrogen and oxygen atoms in total. The molecule has 0 spiro atoms. The maximum atomic E-state index is 6.67. The van der Waals surface area contributed by atoms with Gasteiger partial charge in [-0.2, -0.15) is 0 Å². The summed E-state index contributed by atoms with van der Waals surface area (Å²) in [5.41, 5.74) is 9.60. The summed E-state index contributed by atoms with van der Waals surface area (Å²) < 4.78 is 0. The van der Waals surface area contributed by atoms with Gasteiger partial charge in [-0.3, -0.25) is 0 Å². The Morgan fingerprint density at radius 3 is 1.62 bits per heavy atom. The van der Waals surface area contributed by atoms with Crippen molar-refractivity contribution in [2.24, 2.45) is 11.1 Å². The molecule has 1 atom stereocenters. The van der Waals surface area contributed by atoms with Crippen LogP contribution in [0.15, 0.2) is 24.3 Å². The molecule has 2 N–H and O–H groups in total. The molecule has 0 aromatic heterocycles. The average molecular weight is 402 g/mol. The minimum Gasteiger partial charge on any atom is -0.324 e. The second-order valence-electron chi connectivity index (χ2n) is 9.95. The molecule has 0 radical (unpaired) electrons. The van der Waals surface area contributed by atoms with E-state index in [1.54, 1.807) is 0 Å². The molecule has 0 fully saturated rings. The van der Waals surface area contributed by atoms with Crippen molar-refractivity contribution >= 4 is 0 Å². The van der Waals surface area contributed by atoms with Crippen molar-refractivity contribution in [1.82, 2.24) is 0 Å². The lowest BCUT2D eigenvalue weighted by atomic mass is 9.77. The fourth-order valence-electron chi connectivity index (χ4n) is 4.32. The summed E-state index contributed by atoms with van der Waals surface area (Å²) >= 11 is 0. The zero-order chi connectivity index (χ0) is 21.4. The van der Waals surface area contributed by atoms with Crippen molar-refractivity contribution in [3.8, 4) is 0 Å². The Labute approximate surface area is 183 Å². The molecule has 168 valence electrons. The van der Waals surface area contributed by atoms with Gasteiger partial charge < -0.3 is 5.73 Å². The average Bonchev–Trinajstić information content (AvgIpc) is 2.72. The molecule has 29 heavy (non-hydrogen) atoms. The summed E-state index contributed by atoms with van der Waals surface area (Å²) in [6, 6.07) is 9.27. The monoisotopic (exact) mass is 401 g/mol. The van der Waals surface area contributed by atoms with Crippen molar-refractivity contribution in [3.63, 3.8) is 0 Å². The zero-order valence-electron chi connectivity index (χ0n) is 20.3. The van der Waals surface area contributed by atoms with Gasteiger partial charge in [0.1, 0.15) is 0 Å². The third-order valence-corrected chi connectivity index (χ3v) is 6.67. The van der Waals surface area contributed by atoms with E-state index in [4.69, 9.17) is 5.73 Å². The molecule has 0 saturated heterocycles. The molecule has 0 aliphatic heterocycles.